The summed E-state index contributed by atoms with van der Waals surface area (Å²) in [5.74, 6) is 0.235. The summed E-state index contributed by atoms with van der Waals surface area (Å²) in [5.41, 5.74) is 0. The molecule has 0 radical (unpaired) electrons. The number of nitrogens with zero attached hydrogens (tertiary/aromatic N) is 1. The number of amides is 1. The van der Waals surface area contributed by atoms with Gasteiger partial charge in [0.15, 0.2) is 0 Å². The summed E-state index contributed by atoms with van der Waals surface area (Å²) in [5, 5.41) is 6.52. The molecule has 0 saturated carbocycles. The van der Waals surface area contributed by atoms with Gasteiger partial charge in [0.2, 0.25) is 5.91 Å². The summed E-state index contributed by atoms with van der Waals surface area (Å²) in [6, 6.07) is 1.24. The zero-order valence-corrected chi connectivity index (χ0v) is 12.9. The highest BCUT2D eigenvalue weighted by Gasteiger charge is 2.33. The van der Waals surface area contributed by atoms with E-state index in [1.807, 2.05) is 0 Å². The van der Waals surface area contributed by atoms with Crippen LogP contribution in [0.5, 0.6) is 0 Å². The van der Waals surface area contributed by atoms with Crippen molar-refractivity contribution in [2.75, 3.05) is 19.6 Å². The number of halogens is 2. The van der Waals surface area contributed by atoms with E-state index in [4.69, 9.17) is 0 Å². The van der Waals surface area contributed by atoms with Gasteiger partial charge in [-0.15, -0.1) is 24.8 Å². The zero-order chi connectivity index (χ0) is 11.7. The fourth-order valence-electron chi connectivity index (χ4n) is 3.57. The van der Waals surface area contributed by atoms with Gasteiger partial charge in [-0.1, -0.05) is 0 Å². The Bertz CT molecular complexity index is 298. The molecule has 0 aromatic heterocycles. The molecular formula is C13H25Cl2N3O. The molecule has 4 nitrogen and oxygen atoms in total. The van der Waals surface area contributed by atoms with Crippen molar-refractivity contribution in [3.63, 3.8) is 0 Å². The lowest BCUT2D eigenvalue weighted by molar-refractivity contribution is -0.123. The molecule has 3 atom stereocenters. The van der Waals surface area contributed by atoms with Crippen LogP contribution in [0.15, 0.2) is 0 Å². The summed E-state index contributed by atoms with van der Waals surface area (Å²) in [6.45, 7) is 3.45. The summed E-state index contributed by atoms with van der Waals surface area (Å²) >= 11 is 0. The average molecular weight is 310 g/mol. The number of carbonyl (C=O) groups is 1. The first-order valence-electron chi connectivity index (χ1n) is 7.11. The van der Waals surface area contributed by atoms with E-state index in [0.29, 0.717) is 6.04 Å². The largest absolute Gasteiger partial charge is 0.352 e. The zero-order valence-electron chi connectivity index (χ0n) is 11.3. The van der Waals surface area contributed by atoms with Crippen LogP contribution in [0.1, 0.15) is 38.5 Å². The maximum Gasteiger partial charge on any atom is 0.237 e. The Kier molecular flexibility index (Phi) is 6.87. The predicted molar refractivity (Wildman–Crippen MR) is 81.3 cm³/mol. The number of piperidine rings is 1. The highest BCUT2D eigenvalue weighted by Crippen LogP contribution is 2.26. The van der Waals surface area contributed by atoms with Crippen LogP contribution in [-0.2, 0) is 4.79 Å². The molecule has 6 heteroatoms. The minimum Gasteiger partial charge on any atom is -0.352 e. The lowest BCUT2D eigenvalue weighted by Crippen LogP contribution is -2.51. The van der Waals surface area contributed by atoms with Crippen LogP contribution < -0.4 is 10.6 Å². The molecule has 3 fully saturated rings. The van der Waals surface area contributed by atoms with Crippen molar-refractivity contribution in [3.8, 4) is 0 Å². The van der Waals surface area contributed by atoms with Crippen LogP contribution in [0.4, 0.5) is 0 Å². The Labute approximate surface area is 127 Å². The molecule has 3 aliphatic heterocycles. The SMILES string of the molecule is Cl.Cl.O=C(NC1CCN2CCCC2C1)C1CCCN1. The fraction of sp³-hybridized carbons (Fsp3) is 0.923. The van der Waals surface area contributed by atoms with Crippen molar-refractivity contribution < 1.29 is 4.79 Å². The minimum absolute atomic E-state index is 0. The number of fused-ring (bicyclic) bond motifs is 1. The molecular weight excluding hydrogens is 285 g/mol. The second-order valence-corrected chi connectivity index (χ2v) is 5.71. The second kappa shape index (κ2) is 7.67. The van der Waals surface area contributed by atoms with Crippen molar-refractivity contribution in [1.82, 2.24) is 15.5 Å². The van der Waals surface area contributed by atoms with E-state index in [2.05, 4.69) is 15.5 Å². The Morgan fingerprint density at radius 2 is 1.95 bits per heavy atom. The molecule has 2 N–H and O–H groups in total. The molecule has 112 valence electrons. The van der Waals surface area contributed by atoms with Crippen molar-refractivity contribution in [2.45, 2.75) is 56.7 Å². The normalized spacial score (nSPS) is 34.0. The molecule has 3 rings (SSSR count). The monoisotopic (exact) mass is 309 g/mol. The number of nitrogens with one attached hydrogen (secondary N) is 2. The van der Waals surface area contributed by atoms with Gasteiger partial charge in [-0.3, -0.25) is 4.79 Å². The first-order valence-corrected chi connectivity index (χ1v) is 7.11. The summed E-state index contributed by atoms with van der Waals surface area (Å²) < 4.78 is 0. The van der Waals surface area contributed by atoms with Gasteiger partial charge >= 0.3 is 0 Å². The number of carbonyl (C=O) groups excluding carboxylic acids is 1. The number of rotatable bonds is 2. The van der Waals surface area contributed by atoms with Crippen LogP contribution in [0.2, 0.25) is 0 Å². The summed E-state index contributed by atoms with van der Waals surface area (Å²) in [6.07, 6.45) is 7.12. The van der Waals surface area contributed by atoms with Crippen molar-refractivity contribution in [2.24, 2.45) is 0 Å². The molecule has 0 aliphatic carbocycles. The lowest BCUT2D eigenvalue weighted by atomic mass is 9.97. The third-order valence-corrected chi connectivity index (χ3v) is 4.54. The molecule has 3 heterocycles. The average Bonchev–Trinajstić information content (AvgIpc) is 2.99. The minimum atomic E-state index is 0. The Hall–Kier alpha value is -0.0300. The molecule has 1 amide bonds. The topological polar surface area (TPSA) is 44.4 Å². The van der Waals surface area contributed by atoms with Gasteiger partial charge in [0.25, 0.3) is 0 Å². The molecule has 3 aliphatic rings. The standard InChI is InChI=1S/C13H23N3O.2ClH/c17-13(12-4-1-6-14-12)15-10-5-8-16-7-2-3-11(16)9-10;;/h10-12,14H,1-9H2,(H,15,17);2*1H. The van der Waals surface area contributed by atoms with Crippen molar-refractivity contribution in [3.05, 3.63) is 0 Å². The highest BCUT2D eigenvalue weighted by atomic mass is 35.5. The molecule has 0 aromatic rings. The Morgan fingerprint density at radius 1 is 1.11 bits per heavy atom. The molecule has 19 heavy (non-hydrogen) atoms. The van der Waals surface area contributed by atoms with E-state index in [0.717, 1.165) is 31.8 Å². The van der Waals surface area contributed by atoms with E-state index >= 15 is 0 Å². The summed E-state index contributed by atoms with van der Waals surface area (Å²) in [4.78, 5) is 14.6. The van der Waals surface area contributed by atoms with Gasteiger partial charge in [-0.05, 0) is 51.6 Å². The van der Waals surface area contributed by atoms with Crippen LogP contribution in [0.25, 0.3) is 0 Å². The van der Waals surface area contributed by atoms with Gasteiger partial charge in [-0.2, -0.15) is 0 Å². The molecule has 0 spiro atoms. The Morgan fingerprint density at radius 3 is 2.68 bits per heavy atom. The van der Waals surface area contributed by atoms with E-state index < -0.39 is 0 Å². The third kappa shape index (κ3) is 3.97. The number of hydrogen-bond donors (Lipinski definition) is 2. The van der Waals surface area contributed by atoms with Crippen LogP contribution in [0, 0.1) is 0 Å². The highest BCUT2D eigenvalue weighted by molar-refractivity contribution is 5.85. The van der Waals surface area contributed by atoms with Crippen molar-refractivity contribution in [1.29, 1.82) is 0 Å². The second-order valence-electron chi connectivity index (χ2n) is 5.71. The third-order valence-electron chi connectivity index (χ3n) is 4.54. The maximum atomic E-state index is 12.0. The van der Waals surface area contributed by atoms with Crippen molar-refractivity contribution >= 4 is 30.7 Å². The molecule has 3 unspecified atom stereocenters. The van der Waals surface area contributed by atoms with Crippen LogP contribution >= 0.6 is 24.8 Å². The quantitative estimate of drug-likeness (QED) is 0.809. The van der Waals surface area contributed by atoms with Crippen LogP contribution in [-0.4, -0.2) is 48.6 Å². The first kappa shape index (κ1) is 17.0. The lowest BCUT2D eigenvalue weighted by Gasteiger charge is -2.35. The molecule has 3 saturated heterocycles. The van der Waals surface area contributed by atoms with Gasteiger partial charge in [0.1, 0.15) is 0 Å². The van der Waals surface area contributed by atoms with Gasteiger partial charge in [0.05, 0.1) is 6.04 Å². The smallest absolute Gasteiger partial charge is 0.237 e. The van der Waals surface area contributed by atoms with Crippen LogP contribution in [0.3, 0.4) is 0 Å². The van der Waals surface area contributed by atoms with Gasteiger partial charge in [0, 0.05) is 18.6 Å². The molecule has 0 bridgehead atoms. The van der Waals surface area contributed by atoms with E-state index in [1.54, 1.807) is 0 Å². The van der Waals surface area contributed by atoms with E-state index in [1.165, 1.54) is 32.4 Å². The number of hydrogen-bond acceptors (Lipinski definition) is 3. The van der Waals surface area contributed by atoms with E-state index in [-0.39, 0.29) is 36.8 Å². The predicted octanol–water partition coefficient (Wildman–Crippen LogP) is 1.32. The fourth-order valence-corrected chi connectivity index (χ4v) is 3.57. The first-order chi connectivity index (χ1) is 8.33. The summed E-state index contributed by atoms with van der Waals surface area (Å²) in [7, 11) is 0. The van der Waals surface area contributed by atoms with Gasteiger partial charge < -0.3 is 15.5 Å². The maximum absolute atomic E-state index is 12.0. The van der Waals surface area contributed by atoms with Gasteiger partial charge in [-0.25, -0.2) is 0 Å². The van der Waals surface area contributed by atoms with E-state index in [9.17, 15) is 4.79 Å². The molecule has 0 aromatic carbocycles. The Balaban J connectivity index is 0.000000902.